The summed E-state index contributed by atoms with van der Waals surface area (Å²) in [6.07, 6.45) is 3.07. The molecule has 172 valence electrons. The Balaban J connectivity index is 1.85. The first-order chi connectivity index (χ1) is 15.8. The molecule has 1 heterocycles. The van der Waals surface area contributed by atoms with Crippen molar-refractivity contribution in [1.82, 2.24) is 0 Å². The molecule has 4 nitrogen and oxygen atoms in total. The van der Waals surface area contributed by atoms with E-state index in [-0.39, 0.29) is 11.4 Å². The van der Waals surface area contributed by atoms with Crippen LogP contribution in [-0.2, 0) is 13.0 Å². The Labute approximate surface area is 195 Å². The third-order valence-corrected chi connectivity index (χ3v) is 6.08. The number of ether oxygens (including phenoxy) is 1. The summed E-state index contributed by atoms with van der Waals surface area (Å²) in [6, 6.07) is 17.2. The van der Waals surface area contributed by atoms with Gasteiger partial charge in [0.2, 0.25) is 0 Å². The SMILES string of the molecule is COc1cc(F)ccc1-c1ccc2c(c1CNc1ccccc1CCN)C(C)=CC(C)(C)N2. The molecule has 1 aliphatic heterocycles. The van der Waals surface area contributed by atoms with Crippen molar-refractivity contribution >= 4 is 16.9 Å². The fraction of sp³-hybridized carbons (Fsp3) is 0.286. The highest BCUT2D eigenvalue weighted by Crippen LogP contribution is 2.42. The lowest BCUT2D eigenvalue weighted by Gasteiger charge is -2.33. The van der Waals surface area contributed by atoms with Gasteiger partial charge in [-0.1, -0.05) is 30.3 Å². The van der Waals surface area contributed by atoms with Crippen LogP contribution >= 0.6 is 0 Å². The van der Waals surface area contributed by atoms with E-state index >= 15 is 0 Å². The first-order valence-corrected chi connectivity index (χ1v) is 11.3. The number of para-hydroxylation sites is 1. The predicted molar refractivity (Wildman–Crippen MR) is 136 cm³/mol. The molecule has 33 heavy (non-hydrogen) atoms. The molecule has 0 atom stereocenters. The van der Waals surface area contributed by atoms with Crippen molar-refractivity contribution in [2.75, 3.05) is 24.3 Å². The number of nitrogens with one attached hydrogen (secondary N) is 2. The van der Waals surface area contributed by atoms with Crippen molar-refractivity contribution in [1.29, 1.82) is 0 Å². The third-order valence-electron chi connectivity index (χ3n) is 6.08. The molecule has 3 aromatic carbocycles. The zero-order chi connectivity index (χ0) is 23.6. The van der Waals surface area contributed by atoms with E-state index in [1.54, 1.807) is 13.2 Å². The van der Waals surface area contributed by atoms with Gasteiger partial charge in [-0.25, -0.2) is 4.39 Å². The Morgan fingerprint density at radius 2 is 1.82 bits per heavy atom. The van der Waals surface area contributed by atoms with Gasteiger partial charge < -0.3 is 21.1 Å². The number of anilines is 2. The second kappa shape index (κ2) is 9.28. The Bertz CT molecular complexity index is 1200. The van der Waals surface area contributed by atoms with E-state index in [1.807, 2.05) is 12.1 Å². The van der Waals surface area contributed by atoms with Crippen molar-refractivity contribution in [2.45, 2.75) is 39.3 Å². The van der Waals surface area contributed by atoms with Crippen LogP contribution < -0.4 is 21.1 Å². The zero-order valence-electron chi connectivity index (χ0n) is 19.8. The van der Waals surface area contributed by atoms with E-state index in [0.717, 1.165) is 34.5 Å². The maximum absolute atomic E-state index is 13.9. The fourth-order valence-electron chi connectivity index (χ4n) is 4.77. The van der Waals surface area contributed by atoms with Crippen LogP contribution in [0.4, 0.5) is 15.8 Å². The summed E-state index contributed by atoms with van der Waals surface area (Å²) >= 11 is 0. The molecular formula is C28H32FN3O. The van der Waals surface area contributed by atoms with E-state index < -0.39 is 0 Å². The Kier molecular flexibility index (Phi) is 6.43. The molecular weight excluding hydrogens is 413 g/mol. The Morgan fingerprint density at radius 3 is 2.58 bits per heavy atom. The maximum atomic E-state index is 13.9. The summed E-state index contributed by atoms with van der Waals surface area (Å²) in [6.45, 7) is 7.68. The molecule has 4 N–H and O–H groups in total. The van der Waals surface area contributed by atoms with Crippen LogP contribution in [0.1, 0.15) is 37.5 Å². The van der Waals surface area contributed by atoms with Crippen LogP contribution in [0.3, 0.4) is 0 Å². The van der Waals surface area contributed by atoms with Crippen LogP contribution in [-0.4, -0.2) is 19.2 Å². The molecule has 1 aliphatic rings. The van der Waals surface area contributed by atoms with Crippen molar-refractivity contribution in [2.24, 2.45) is 5.73 Å². The molecule has 0 saturated heterocycles. The molecule has 0 amide bonds. The van der Waals surface area contributed by atoms with Gasteiger partial charge in [0.1, 0.15) is 11.6 Å². The number of nitrogens with two attached hydrogens (primary N) is 1. The van der Waals surface area contributed by atoms with Gasteiger partial charge in [-0.3, -0.25) is 0 Å². The van der Waals surface area contributed by atoms with Crippen molar-refractivity contribution < 1.29 is 9.13 Å². The average Bonchev–Trinajstić information content (AvgIpc) is 2.77. The monoisotopic (exact) mass is 445 g/mol. The van der Waals surface area contributed by atoms with Crippen molar-refractivity contribution in [3.8, 4) is 16.9 Å². The van der Waals surface area contributed by atoms with Gasteiger partial charge in [-0.15, -0.1) is 0 Å². The van der Waals surface area contributed by atoms with Crippen molar-refractivity contribution in [3.05, 3.63) is 83.2 Å². The molecule has 5 heteroatoms. The molecule has 0 radical (unpaired) electrons. The van der Waals surface area contributed by atoms with Gasteiger partial charge in [-0.05, 0) is 80.3 Å². The number of halogens is 1. The highest BCUT2D eigenvalue weighted by atomic mass is 19.1. The van der Waals surface area contributed by atoms with E-state index in [4.69, 9.17) is 10.5 Å². The highest BCUT2D eigenvalue weighted by molar-refractivity contribution is 5.88. The van der Waals surface area contributed by atoms with Gasteiger partial charge in [0.25, 0.3) is 0 Å². The second-order valence-corrected chi connectivity index (χ2v) is 9.08. The number of methoxy groups -OCH3 is 1. The largest absolute Gasteiger partial charge is 0.496 e. The van der Waals surface area contributed by atoms with Crippen LogP contribution in [0.25, 0.3) is 16.7 Å². The molecule has 0 bridgehead atoms. The first kappa shape index (κ1) is 22.9. The van der Waals surface area contributed by atoms with E-state index in [1.165, 1.54) is 28.8 Å². The summed E-state index contributed by atoms with van der Waals surface area (Å²) in [4.78, 5) is 0. The lowest BCUT2D eigenvalue weighted by atomic mass is 9.85. The number of allylic oxidation sites excluding steroid dienone is 1. The summed E-state index contributed by atoms with van der Waals surface area (Å²) in [7, 11) is 1.58. The van der Waals surface area contributed by atoms with E-state index in [0.29, 0.717) is 18.8 Å². The average molecular weight is 446 g/mol. The van der Waals surface area contributed by atoms with Gasteiger partial charge in [0.15, 0.2) is 0 Å². The quantitative estimate of drug-likeness (QED) is 0.404. The molecule has 4 rings (SSSR count). The van der Waals surface area contributed by atoms with Crippen LogP contribution in [0.15, 0.2) is 60.7 Å². The predicted octanol–water partition coefficient (Wildman–Crippen LogP) is 6.22. The number of hydrogen-bond donors (Lipinski definition) is 3. The highest BCUT2D eigenvalue weighted by Gasteiger charge is 2.26. The molecule has 0 spiro atoms. The van der Waals surface area contributed by atoms with Gasteiger partial charge >= 0.3 is 0 Å². The minimum absolute atomic E-state index is 0.134. The minimum Gasteiger partial charge on any atom is -0.496 e. The summed E-state index contributed by atoms with van der Waals surface area (Å²) in [5.41, 5.74) is 14.5. The van der Waals surface area contributed by atoms with Crippen LogP contribution in [0.2, 0.25) is 0 Å². The topological polar surface area (TPSA) is 59.3 Å². The maximum Gasteiger partial charge on any atom is 0.129 e. The molecule has 0 unspecified atom stereocenters. The standard InChI is InChI=1S/C28H32FN3O/c1-18-16-28(2,3)32-25-12-11-21(22-10-9-20(29)15-26(22)33-4)23(27(18)25)17-31-24-8-6-5-7-19(24)13-14-30/h5-12,15-16,31-32H,13-14,17,30H2,1-4H3. The van der Waals surface area contributed by atoms with Crippen LogP contribution in [0, 0.1) is 5.82 Å². The zero-order valence-corrected chi connectivity index (χ0v) is 19.8. The van der Waals surface area contributed by atoms with Gasteiger partial charge in [0, 0.05) is 35.1 Å². The summed E-state index contributed by atoms with van der Waals surface area (Å²) in [5.74, 6) is 0.203. The lowest BCUT2D eigenvalue weighted by molar-refractivity contribution is 0.413. The Morgan fingerprint density at radius 1 is 1.06 bits per heavy atom. The third kappa shape index (κ3) is 4.74. The normalized spacial score (nSPS) is 14.2. The molecule has 0 aliphatic carbocycles. The van der Waals surface area contributed by atoms with Gasteiger partial charge in [0.05, 0.1) is 12.6 Å². The Hall–Kier alpha value is -3.31. The molecule has 0 saturated carbocycles. The molecule has 3 aromatic rings. The lowest BCUT2D eigenvalue weighted by Crippen LogP contribution is -2.32. The minimum atomic E-state index is -0.316. The summed E-state index contributed by atoms with van der Waals surface area (Å²) < 4.78 is 19.5. The number of benzene rings is 3. The van der Waals surface area contributed by atoms with Gasteiger partial charge in [-0.2, -0.15) is 0 Å². The number of hydrogen-bond acceptors (Lipinski definition) is 4. The smallest absolute Gasteiger partial charge is 0.129 e. The summed E-state index contributed by atoms with van der Waals surface area (Å²) in [5, 5.41) is 7.28. The number of rotatable bonds is 7. The molecule has 0 aromatic heterocycles. The fourth-order valence-corrected chi connectivity index (χ4v) is 4.77. The number of fused-ring (bicyclic) bond motifs is 1. The second-order valence-electron chi connectivity index (χ2n) is 9.08. The van der Waals surface area contributed by atoms with E-state index in [9.17, 15) is 4.39 Å². The van der Waals surface area contributed by atoms with Crippen molar-refractivity contribution in [3.63, 3.8) is 0 Å². The first-order valence-electron chi connectivity index (χ1n) is 11.3. The van der Waals surface area contributed by atoms with E-state index in [2.05, 4.69) is 61.7 Å². The van der Waals surface area contributed by atoms with Crippen LogP contribution in [0.5, 0.6) is 5.75 Å². The molecule has 0 fully saturated rings.